The summed E-state index contributed by atoms with van der Waals surface area (Å²) in [5, 5.41) is 8.32. The molecule has 0 aliphatic heterocycles. The largest absolute Gasteiger partial charge is 0.477 e. The van der Waals surface area contributed by atoms with E-state index in [4.69, 9.17) is 5.11 Å². The number of hydrogen-bond donors (Lipinski definition) is 1. The van der Waals surface area contributed by atoms with Crippen LogP contribution in [0.15, 0.2) is 24.4 Å². The molecule has 1 aromatic heterocycles. The van der Waals surface area contributed by atoms with Gasteiger partial charge in [-0.2, -0.15) is 0 Å². The van der Waals surface area contributed by atoms with Gasteiger partial charge in [-0.1, -0.05) is 6.07 Å². The summed E-state index contributed by atoms with van der Waals surface area (Å²) in [5.74, 6) is -0.990. The smallest absolute Gasteiger partial charge is 0.354 e. The van der Waals surface area contributed by atoms with Gasteiger partial charge in [-0.15, -0.1) is 0 Å². The van der Waals surface area contributed by atoms with Crippen molar-refractivity contribution >= 4 is 5.97 Å². The molecular weight excluding hydrogens is 166 g/mol. The van der Waals surface area contributed by atoms with E-state index in [1.54, 1.807) is 12.1 Å². The van der Waals surface area contributed by atoms with Gasteiger partial charge < -0.3 is 5.11 Å². The van der Waals surface area contributed by atoms with Crippen molar-refractivity contribution in [3.8, 4) is 0 Å². The predicted molar refractivity (Wildman–Crippen MR) is 31.2 cm³/mol. The maximum absolute atomic E-state index is 10.1. The number of carbonyl (C=O) groups is 1. The van der Waals surface area contributed by atoms with Gasteiger partial charge in [0.1, 0.15) is 5.69 Å². The summed E-state index contributed by atoms with van der Waals surface area (Å²) >= 11 is 0. The molecule has 0 spiro atoms. The van der Waals surface area contributed by atoms with E-state index in [1.807, 2.05) is 0 Å². The van der Waals surface area contributed by atoms with Gasteiger partial charge in [-0.25, -0.2) is 9.78 Å². The van der Waals surface area contributed by atoms with Crippen molar-refractivity contribution in [3.05, 3.63) is 30.1 Å². The molecule has 1 heterocycles. The number of hydrogen-bond acceptors (Lipinski definition) is 2. The third kappa shape index (κ3) is 2.29. The summed E-state index contributed by atoms with van der Waals surface area (Å²) in [4.78, 5) is 13.7. The number of carboxylic acids is 1. The minimum Gasteiger partial charge on any atom is -0.477 e. The van der Waals surface area contributed by atoms with Crippen LogP contribution in [0.3, 0.4) is 0 Å². The zero-order chi connectivity index (χ0) is 6.69. The van der Waals surface area contributed by atoms with Gasteiger partial charge in [0.15, 0.2) is 0 Å². The Labute approximate surface area is 73.0 Å². The summed E-state index contributed by atoms with van der Waals surface area (Å²) in [5.41, 5.74) is 0.0810. The number of carboxylic acid groups (broad SMARTS) is 1. The van der Waals surface area contributed by atoms with E-state index in [-0.39, 0.29) is 27.4 Å². The quantitative estimate of drug-likeness (QED) is 0.635. The Morgan fingerprint density at radius 1 is 1.50 bits per heavy atom. The second-order valence-corrected chi connectivity index (χ2v) is 1.52. The third-order valence-electron chi connectivity index (χ3n) is 0.884. The Bertz CT molecular complexity index is 212. The minimum absolute atomic E-state index is 0. The average Bonchev–Trinajstić information content (AvgIpc) is 1.90. The SMILES string of the molecule is O=C(O)c1ccccn1.[Ti]. The van der Waals surface area contributed by atoms with Gasteiger partial charge in [-0.3, -0.25) is 0 Å². The molecule has 0 aliphatic carbocycles. The first-order valence-corrected chi connectivity index (χ1v) is 2.45. The molecule has 1 rings (SSSR count). The summed E-state index contributed by atoms with van der Waals surface area (Å²) in [6.45, 7) is 0. The Morgan fingerprint density at radius 2 is 2.20 bits per heavy atom. The molecule has 0 fully saturated rings. The topological polar surface area (TPSA) is 50.2 Å². The van der Waals surface area contributed by atoms with Crippen LogP contribution < -0.4 is 0 Å². The van der Waals surface area contributed by atoms with E-state index in [0.717, 1.165) is 0 Å². The summed E-state index contributed by atoms with van der Waals surface area (Å²) in [6, 6.07) is 4.76. The van der Waals surface area contributed by atoms with E-state index in [1.165, 1.54) is 12.3 Å². The van der Waals surface area contributed by atoms with Crippen LogP contribution in [-0.4, -0.2) is 16.1 Å². The molecule has 0 atom stereocenters. The molecule has 0 aliphatic rings. The molecule has 0 amide bonds. The van der Waals surface area contributed by atoms with E-state index >= 15 is 0 Å². The molecule has 0 radical (unpaired) electrons. The van der Waals surface area contributed by atoms with Gasteiger partial charge in [0, 0.05) is 27.9 Å². The van der Waals surface area contributed by atoms with E-state index in [9.17, 15) is 4.79 Å². The average molecular weight is 171 g/mol. The van der Waals surface area contributed by atoms with Crippen molar-refractivity contribution in [1.29, 1.82) is 0 Å². The number of pyridine rings is 1. The Morgan fingerprint density at radius 3 is 2.50 bits per heavy atom. The van der Waals surface area contributed by atoms with Crippen LogP contribution in [0.2, 0.25) is 0 Å². The van der Waals surface area contributed by atoms with Crippen molar-refractivity contribution in [2.24, 2.45) is 0 Å². The van der Waals surface area contributed by atoms with Crippen LogP contribution in [0.5, 0.6) is 0 Å². The van der Waals surface area contributed by atoms with Crippen molar-refractivity contribution in [2.45, 2.75) is 0 Å². The third-order valence-corrected chi connectivity index (χ3v) is 0.884. The molecule has 0 aromatic carbocycles. The molecule has 1 aromatic rings. The number of aromatic nitrogens is 1. The number of rotatable bonds is 1. The second kappa shape index (κ2) is 4.20. The minimum atomic E-state index is -0.990. The summed E-state index contributed by atoms with van der Waals surface area (Å²) in [6.07, 6.45) is 1.45. The molecule has 50 valence electrons. The van der Waals surface area contributed by atoms with Gasteiger partial charge in [0.25, 0.3) is 0 Å². The molecule has 0 bridgehead atoms. The Balaban J connectivity index is 0.000000810. The molecule has 1 N–H and O–H groups in total. The standard InChI is InChI=1S/C6H5NO2.Ti/c8-6(9)5-3-1-2-4-7-5;/h1-4H,(H,8,9);. The van der Waals surface area contributed by atoms with Crippen molar-refractivity contribution < 1.29 is 31.6 Å². The van der Waals surface area contributed by atoms with Crippen LogP contribution >= 0.6 is 0 Å². The zero-order valence-electron chi connectivity index (χ0n) is 5.11. The first kappa shape index (κ1) is 9.33. The monoisotopic (exact) mass is 171 g/mol. The zero-order valence-corrected chi connectivity index (χ0v) is 6.67. The Kier molecular flexibility index (Phi) is 3.92. The van der Waals surface area contributed by atoms with Crippen molar-refractivity contribution in [2.75, 3.05) is 0 Å². The van der Waals surface area contributed by atoms with Gasteiger partial charge in [-0.05, 0) is 12.1 Å². The Hall–Kier alpha value is -0.666. The van der Waals surface area contributed by atoms with E-state index < -0.39 is 5.97 Å². The molecule has 0 unspecified atom stereocenters. The first-order chi connectivity index (χ1) is 4.30. The van der Waals surface area contributed by atoms with Crippen molar-refractivity contribution in [3.63, 3.8) is 0 Å². The molecule has 0 saturated carbocycles. The van der Waals surface area contributed by atoms with Crippen LogP contribution in [0.25, 0.3) is 0 Å². The van der Waals surface area contributed by atoms with Crippen LogP contribution in [-0.2, 0) is 21.7 Å². The van der Waals surface area contributed by atoms with Crippen molar-refractivity contribution in [1.82, 2.24) is 4.98 Å². The van der Waals surface area contributed by atoms with E-state index in [0.29, 0.717) is 0 Å². The maximum atomic E-state index is 10.1. The maximum Gasteiger partial charge on any atom is 0.354 e. The number of nitrogens with zero attached hydrogens (tertiary/aromatic N) is 1. The van der Waals surface area contributed by atoms with Crippen LogP contribution in [0, 0.1) is 0 Å². The van der Waals surface area contributed by atoms with Crippen LogP contribution in [0.1, 0.15) is 10.5 Å². The van der Waals surface area contributed by atoms with Gasteiger partial charge in [0.05, 0.1) is 0 Å². The summed E-state index contributed by atoms with van der Waals surface area (Å²) < 4.78 is 0. The molecule has 0 saturated heterocycles. The van der Waals surface area contributed by atoms with Gasteiger partial charge in [0.2, 0.25) is 0 Å². The fourth-order valence-electron chi connectivity index (χ4n) is 0.489. The van der Waals surface area contributed by atoms with Gasteiger partial charge >= 0.3 is 5.97 Å². The number of aromatic carboxylic acids is 1. The normalized spacial score (nSPS) is 8.00. The molecule has 4 heteroatoms. The fourth-order valence-corrected chi connectivity index (χ4v) is 0.489. The first-order valence-electron chi connectivity index (χ1n) is 2.45. The predicted octanol–water partition coefficient (Wildman–Crippen LogP) is 0.777. The summed E-state index contributed by atoms with van der Waals surface area (Å²) in [7, 11) is 0. The second-order valence-electron chi connectivity index (χ2n) is 1.52. The molecular formula is C6H5NO2Ti. The molecule has 10 heavy (non-hydrogen) atoms. The van der Waals surface area contributed by atoms with Crippen LogP contribution in [0.4, 0.5) is 0 Å². The molecule has 3 nitrogen and oxygen atoms in total. The fraction of sp³-hybridized carbons (Fsp3) is 0. The van der Waals surface area contributed by atoms with E-state index in [2.05, 4.69) is 4.98 Å².